The molecule has 0 bridgehead atoms. The van der Waals surface area contributed by atoms with Crippen LogP contribution in [0.25, 0.3) is 0 Å². The normalized spacial score (nSPS) is 10.1. The summed E-state index contributed by atoms with van der Waals surface area (Å²) in [5, 5.41) is 7.98. The van der Waals surface area contributed by atoms with Crippen molar-refractivity contribution in [2.75, 3.05) is 12.4 Å². The number of hydrogen-bond donors (Lipinski definition) is 1. The fraction of sp³-hybridized carbons (Fsp3) is 0.200. The number of methoxy groups -OCH3 is 1. The molecular formula is C10H10N2O2S2. The van der Waals surface area contributed by atoms with Gasteiger partial charge in [0.15, 0.2) is 5.13 Å². The monoisotopic (exact) mass is 254 g/mol. The van der Waals surface area contributed by atoms with Gasteiger partial charge in [0.25, 0.3) is 0 Å². The number of rotatable bonds is 4. The van der Waals surface area contributed by atoms with Crippen molar-refractivity contribution in [3.8, 4) is 0 Å². The van der Waals surface area contributed by atoms with Crippen molar-refractivity contribution in [3.63, 3.8) is 0 Å². The topological polar surface area (TPSA) is 51.2 Å². The molecule has 84 valence electrons. The molecule has 6 heteroatoms. The molecule has 2 rings (SSSR count). The zero-order valence-electron chi connectivity index (χ0n) is 8.60. The molecule has 0 saturated carbocycles. The Labute approximate surface area is 101 Å². The first-order chi connectivity index (χ1) is 7.79. The molecular weight excluding hydrogens is 244 g/mol. The molecule has 0 aliphatic rings. The second-order valence-corrected chi connectivity index (χ2v) is 4.82. The Morgan fingerprint density at radius 2 is 2.50 bits per heavy atom. The maximum absolute atomic E-state index is 11.2. The molecule has 4 nitrogen and oxygen atoms in total. The molecule has 0 amide bonds. The van der Waals surface area contributed by atoms with Gasteiger partial charge in [-0.3, -0.25) is 0 Å². The summed E-state index contributed by atoms with van der Waals surface area (Å²) in [5.41, 5.74) is 1.21. The largest absolute Gasteiger partial charge is 0.465 e. The van der Waals surface area contributed by atoms with E-state index in [1.807, 2.05) is 11.4 Å². The van der Waals surface area contributed by atoms with Crippen LogP contribution in [0.15, 0.2) is 23.0 Å². The minimum Gasteiger partial charge on any atom is -0.465 e. The molecule has 2 aromatic heterocycles. The summed E-state index contributed by atoms with van der Waals surface area (Å²) in [5.74, 6) is -0.346. The molecule has 0 fully saturated rings. The maximum Gasteiger partial charge on any atom is 0.349 e. The summed E-state index contributed by atoms with van der Waals surface area (Å²) in [4.78, 5) is 15.8. The van der Waals surface area contributed by atoms with Gasteiger partial charge in [0, 0.05) is 6.54 Å². The summed E-state index contributed by atoms with van der Waals surface area (Å²) in [7, 11) is 1.36. The van der Waals surface area contributed by atoms with Crippen LogP contribution in [0.2, 0.25) is 0 Å². The van der Waals surface area contributed by atoms with E-state index in [0.717, 1.165) is 11.7 Å². The highest BCUT2D eigenvalue weighted by atomic mass is 32.1. The molecule has 0 saturated heterocycles. The third-order valence-electron chi connectivity index (χ3n) is 1.92. The Hall–Kier alpha value is -1.40. The lowest BCUT2D eigenvalue weighted by Crippen LogP contribution is -1.97. The quantitative estimate of drug-likeness (QED) is 0.852. The second kappa shape index (κ2) is 5.09. The van der Waals surface area contributed by atoms with E-state index >= 15 is 0 Å². The van der Waals surface area contributed by atoms with Crippen LogP contribution in [0.5, 0.6) is 0 Å². The number of thiophene rings is 1. The van der Waals surface area contributed by atoms with E-state index in [0.29, 0.717) is 4.88 Å². The van der Waals surface area contributed by atoms with Crippen LogP contribution in [0, 0.1) is 0 Å². The van der Waals surface area contributed by atoms with Crippen LogP contribution >= 0.6 is 22.7 Å². The summed E-state index contributed by atoms with van der Waals surface area (Å²) in [6.07, 6.45) is 1.52. The van der Waals surface area contributed by atoms with Gasteiger partial charge in [0.05, 0.1) is 13.3 Å². The van der Waals surface area contributed by atoms with Gasteiger partial charge in [0.2, 0.25) is 0 Å². The first kappa shape index (κ1) is 11.1. The van der Waals surface area contributed by atoms with E-state index in [9.17, 15) is 4.79 Å². The molecule has 0 aliphatic carbocycles. The fourth-order valence-electron chi connectivity index (χ4n) is 1.12. The van der Waals surface area contributed by atoms with Crippen molar-refractivity contribution in [3.05, 3.63) is 33.5 Å². The van der Waals surface area contributed by atoms with E-state index in [2.05, 4.69) is 20.4 Å². The van der Waals surface area contributed by atoms with Crippen molar-refractivity contribution in [1.29, 1.82) is 0 Å². The highest BCUT2D eigenvalue weighted by molar-refractivity contribution is 7.17. The molecule has 0 aromatic carbocycles. The highest BCUT2D eigenvalue weighted by Crippen LogP contribution is 2.19. The predicted molar refractivity (Wildman–Crippen MR) is 65.1 cm³/mol. The summed E-state index contributed by atoms with van der Waals surface area (Å²) in [6.45, 7) is 0.720. The zero-order chi connectivity index (χ0) is 11.4. The Morgan fingerprint density at radius 1 is 1.62 bits per heavy atom. The minimum absolute atomic E-state index is 0.346. The average molecular weight is 254 g/mol. The number of carbonyl (C=O) groups excluding carboxylic acids is 1. The number of thiazole rings is 1. The van der Waals surface area contributed by atoms with Gasteiger partial charge in [-0.15, -0.1) is 0 Å². The van der Waals surface area contributed by atoms with Gasteiger partial charge in [0.1, 0.15) is 4.88 Å². The number of hydrogen-bond acceptors (Lipinski definition) is 6. The van der Waals surface area contributed by atoms with Gasteiger partial charge in [-0.2, -0.15) is 11.3 Å². The van der Waals surface area contributed by atoms with E-state index in [4.69, 9.17) is 0 Å². The third-order valence-corrected chi connectivity index (χ3v) is 3.58. The number of ether oxygens (including phenoxy) is 1. The number of nitrogens with one attached hydrogen (secondary N) is 1. The molecule has 1 N–H and O–H groups in total. The van der Waals surface area contributed by atoms with E-state index in [1.165, 1.54) is 30.2 Å². The Bertz CT molecular complexity index is 465. The second-order valence-electron chi connectivity index (χ2n) is 3.01. The van der Waals surface area contributed by atoms with Crippen LogP contribution in [-0.4, -0.2) is 18.1 Å². The van der Waals surface area contributed by atoms with E-state index in [-0.39, 0.29) is 5.97 Å². The molecule has 0 unspecified atom stereocenters. The Kier molecular flexibility index (Phi) is 3.53. The van der Waals surface area contributed by atoms with Crippen LogP contribution in [0.3, 0.4) is 0 Å². The number of aromatic nitrogens is 1. The number of esters is 1. The highest BCUT2D eigenvalue weighted by Gasteiger charge is 2.09. The lowest BCUT2D eigenvalue weighted by atomic mass is 10.3. The standard InChI is InChI=1S/C10H10N2O2S2/c1-14-9(13)8-5-12-10(16-8)11-4-7-2-3-15-6-7/h2-3,5-6H,4H2,1H3,(H,11,12). The maximum atomic E-state index is 11.2. The van der Waals surface area contributed by atoms with Crippen LogP contribution in [0.4, 0.5) is 5.13 Å². The van der Waals surface area contributed by atoms with E-state index < -0.39 is 0 Å². The van der Waals surface area contributed by atoms with Crippen LogP contribution in [0.1, 0.15) is 15.2 Å². The third kappa shape index (κ3) is 2.59. The predicted octanol–water partition coefficient (Wildman–Crippen LogP) is 2.60. The van der Waals surface area contributed by atoms with Crippen LogP contribution < -0.4 is 5.32 Å². The lowest BCUT2D eigenvalue weighted by Gasteiger charge is -1.98. The molecule has 0 radical (unpaired) electrons. The lowest BCUT2D eigenvalue weighted by molar-refractivity contribution is 0.0606. The molecule has 16 heavy (non-hydrogen) atoms. The molecule has 2 heterocycles. The molecule has 0 atom stereocenters. The van der Waals surface area contributed by atoms with Crippen LogP contribution in [-0.2, 0) is 11.3 Å². The van der Waals surface area contributed by atoms with E-state index in [1.54, 1.807) is 11.3 Å². The Balaban J connectivity index is 1.95. The van der Waals surface area contributed by atoms with Gasteiger partial charge in [-0.1, -0.05) is 11.3 Å². The number of nitrogens with zero attached hydrogens (tertiary/aromatic N) is 1. The average Bonchev–Trinajstić information content (AvgIpc) is 2.96. The summed E-state index contributed by atoms with van der Waals surface area (Å²) >= 11 is 2.95. The summed E-state index contributed by atoms with van der Waals surface area (Å²) < 4.78 is 4.61. The number of anilines is 1. The summed E-state index contributed by atoms with van der Waals surface area (Å²) in [6, 6.07) is 2.05. The Morgan fingerprint density at radius 3 is 3.19 bits per heavy atom. The van der Waals surface area contributed by atoms with Gasteiger partial charge < -0.3 is 10.1 Å². The minimum atomic E-state index is -0.346. The first-order valence-corrected chi connectivity index (χ1v) is 6.34. The SMILES string of the molecule is COC(=O)c1cnc(NCc2ccsc2)s1. The smallest absolute Gasteiger partial charge is 0.349 e. The van der Waals surface area contributed by atoms with Gasteiger partial charge in [-0.05, 0) is 22.4 Å². The molecule has 2 aromatic rings. The fourth-order valence-corrected chi connectivity index (χ4v) is 2.52. The van der Waals surface area contributed by atoms with Gasteiger partial charge in [-0.25, -0.2) is 9.78 Å². The zero-order valence-corrected chi connectivity index (χ0v) is 10.2. The van der Waals surface area contributed by atoms with Crippen molar-refractivity contribution < 1.29 is 9.53 Å². The van der Waals surface area contributed by atoms with Crippen molar-refractivity contribution in [2.45, 2.75) is 6.54 Å². The van der Waals surface area contributed by atoms with Crippen molar-refractivity contribution in [2.24, 2.45) is 0 Å². The van der Waals surface area contributed by atoms with Gasteiger partial charge >= 0.3 is 5.97 Å². The van der Waals surface area contributed by atoms with Crippen molar-refractivity contribution >= 4 is 33.8 Å². The molecule has 0 aliphatic heterocycles. The van der Waals surface area contributed by atoms with Crippen molar-refractivity contribution in [1.82, 2.24) is 4.98 Å². The first-order valence-electron chi connectivity index (χ1n) is 4.58. The molecule has 0 spiro atoms. The number of carbonyl (C=O) groups is 1.